The first kappa shape index (κ1) is 16.6. The average molecular weight is 385 g/mol. The van der Waals surface area contributed by atoms with Crippen LogP contribution < -0.4 is 17.3 Å². The number of amides is 1. The van der Waals surface area contributed by atoms with E-state index in [-0.39, 0.29) is 29.8 Å². The minimum absolute atomic E-state index is 0. The summed E-state index contributed by atoms with van der Waals surface area (Å²) >= 11 is 0. The Balaban J connectivity index is 0.00000146. The predicted molar refractivity (Wildman–Crippen MR) is 97.8 cm³/mol. The molecule has 7 rings (SSSR count). The Morgan fingerprint density at radius 2 is 2.15 bits per heavy atom. The molecule has 0 aromatic heterocycles. The third-order valence-electron chi connectivity index (χ3n) is 8.91. The number of benzene rings is 1. The molecule has 2 bridgehead atoms. The summed E-state index contributed by atoms with van der Waals surface area (Å²) in [5, 5.41) is 0. The van der Waals surface area contributed by atoms with Crippen LogP contribution in [0.4, 0.5) is 5.69 Å². The van der Waals surface area contributed by atoms with E-state index in [1.807, 2.05) is 0 Å². The van der Waals surface area contributed by atoms with Gasteiger partial charge in [-0.1, -0.05) is 24.3 Å². The molecule has 1 amide bonds. The molecular formula is C22H25ClN2O2. The van der Waals surface area contributed by atoms with Gasteiger partial charge in [0.15, 0.2) is 0 Å². The summed E-state index contributed by atoms with van der Waals surface area (Å²) in [6.07, 6.45) is 5.51. The van der Waals surface area contributed by atoms with Crippen molar-refractivity contribution in [2.75, 3.05) is 31.6 Å². The number of hydrogen-bond donors (Lipinski definition) is 0. The van der Waals surface area contributed by atoms with Crippen LogP contribution in [0, 0.1) is 11.8 Å². The molecule has 0 N–H and O–H groups in total. The summed E-state index contributed by atoms with van der Waals surface area (Å²) in [5.74, 6) is 1.36. The zero-order chi connectivity index (χ0) is 17.3. The molecule has 1 aliphatic carbocycles. The molecule has 7 atom stereocenters. The quantitative estimate of drug-likeness (QED) is 0.435. The van der Waals surface area contributed by atoms with Gasteiger partial charge in [-0.25, -0.2) is 0 Å². The lowest BCUT2D eigenvalue weighted by Crippen LogP contribution is -3.00. The number of likely N-dealkylation sites (N-methyl/N-ethyl adjacent to an activating group) is 1. The Hall–Kier alpha value is -1.36. The normalized spacial score (nSPS) is 47.7. The van der Waals surface area contributed by atoms with Crippen molar-refractivity contribution in [1.82, 2.24) is 0 Å². The van der Waals surface area contributed by atoms with E-state index >= 15 is 0 Å². The Morgan fingerprint density at radius 1 is 1.30 bits per heavy atom. The van der Waals surface area contributed by atoms with Gasteiger partial charge in [-0.15, -0.1) is 0 Å². The lowest BCUT2D eigenvalue weighted by atomic mass is 9.53. The van der Waals surface area contributed by atoms with Gasteiger partial charge in [0, 0.05) is 24.4 Å². The predicted octanol–water partition coefficient (Wildman–Crippen LogP) is -0.759. The minimum atomic E-state index is 0. The summed E-state index contributed by atoms with van der Waals surface area (Å²) in [7, 11) is 2.47. The fourth-order valence-corrected chi connectivity index (χ4v) is 8.14. The number of anilines is 1. The highest BCUT2D eigenvalue weighted by molar-refractivity contribution is 5.99. The van der Waals surface area contributed by atoms with E-state index < -0.39 is 0 Å². The first-order valence-electron chi connectivity index (χ1n) is 10.2. The molecule has 5 heterocycles. The van der Waals surface area contributed by atoms with Crippen LogP contribution >= 0.6 is 0 Å². The van der Waals surface area contributed by atoms with Crippen molar-refractivity contribution in [3.8, 4) is 0 Å². The first-order chi connectivity index (χ1) is 12.6. The van der Waals surface area contributed by atoms with Crippen LogP contribution in [0.1, 0.15) is 24.8 Å². The van der Waals surface area contributed by atoms with Crippen molar-refractivity contribution in [2.45, 2.75) is 42.9 Å². The average Bonchev–Trinajstić information content (AvgIpc) is 3.05. The standard InChI is InChI=1S/C22H25N2O2.ClH/c1-24-8-7-22-15-4-2-3-5-16(15)23-19(25)11-17-20(21(22)23)14(10-18(22)24)13(12-24)6-9-26-17;/h2-6,14,17-18,20-21H,7-12H2,1H3;1H/q+1;/p-1/t14-,17-,18-,20-,21-,22?,24?;/m0./s1. The van der Waals surface area contributed by atoms with Gasteiger partial charge in [-0.3, -0.25) is 4.79 Å². The maximum absolute atomic E-state index is 13.3. The summed E-state index contributed by atoms with van der Waals surface area (Å²) in [4.78, 5) is 15.5. The van der Waals surface area contributed by atoms with E-state index in [1.54, 1.807) is 5.57 Å². The van der Waals surface area contributed by atoms with Crippen LogP contribution in [-0.2, 0) is 14.9 Å². The number of hydrogen-bond acceptors (Lipinski definition) is 2. The number of fused-ring (bicyclic) bond motifs is 2. The van der Waals surface area contributed by atoms with Crippen molar-refractivity contribution >= 4 is 11.6 Å². The Morgan fingerprint density at radius 3 is 3.04 bits per heavy atom. The van der Waals surface area contributed by atoms with Gasteiger partial charge in [0.25, 0.3) is 0 Å². The lowest BCUT2D eigenvalue weighted by molar-refractivity contribution is -0.925. The van der Waals surface area contributed by atoms with Crippen LogP contribution in [0.2, 0.25) is 0 Å². The zero-order valence-electron chi connectivity index (χ0n) is 15.6. The molecule has 1 spiro atoms. The summed E-state index contributed by atoms with van der Waals surface area (Å²) in [6, 6.07) is 9.76. The molecule has 6 aliphatic rings. The second kappa shape index (κ2) is 4.97. The monoisotopic (exact) mass is 384 g/mol. The van der Waals surface area contributed by atoms with Gasteiger partial charge in [0.05, 0.1) is 44.2 Å². The molecule has 5 heteroatoms. The van der Waals surface area contributed by atoms with Gasteiger partial charge < -0.3 is 26.5 Å². The fourth-order valence-electron chi connectivity index (χ4n) is 8.14. The molecule has 1 saturated carbocycles. The Bertz CT molecular complexity index is 900. The van der Waals surface area contributed by atoms with Crippen molar-refractivity contribution < 1.29 is 26.4 Å². The van der Waals surface area contributed by atoms with Gasteiger partial charge in [-0.2, -0.15) is 0 Å². The highest BCUT2D eigenvalue weighted by Crippen LogP contribution is 2.67. The third kappa shape index (κ3) is 1.64. The summed E-state index contributed by atoms with van der Waals surface area (Å²) in [5.41, 5.74) is 4.43. The molecular weight excluding hydrogens is 360 g/mol. The maximum atomic E-state index is 13.3. The van der Waals surface area contributed by atoms with Gasteiger partial charge in [0.2, 0.25) is 5.91 Å². The number of quaternary nitrogens is 1. The molecule has 142 valence electrons. The largest absolute Gasteiger partial charge is 1.00 e. The number of nitrogens with zero attached hydrogens (tertiary/aromatic N) is 2. The number of ether oxygens (including phenoxy) is 1. The van der Waals surface area contributed by atoms with Crippen LogP contribution in [0.25, 0.3) is 0 Å². The van der Waals surface area contributed by atoms with Crippen LogP contribution in [0.3, 0.4) is 0 Å². The zero-order valence-corrected chi connectivity index (χ0v) is 16.4. The smallest absolute Gasteiger partial charge is 0.229 e. The van der Waals surface area contributed by atoms with Crippen molar-refractivity contribution in [1.29, 1.82) is 0 Å². The van der Waals surface area contributed by atoms with Crippen molar-refractivity contribution in [2.24, 2.45) is 11.8 Å². The van der Waals surface area contributed by atoms with E-state index in [0.717, 1.165) is 4.48 Å². The van der Waals surface area contributed by atoms with E-state index in [2.05, 4.69) is 42.3 Å². The molecule has 4 nitrogen and oxygen atoms in total. The van der Waals surface area contributed by atoms with Gasteiger partial charge in [-0.05, 0) is 23.1 Å². The third-order valence-corrected chi connectivity index (χ3v) is 8.91. The lowest BCUT2D eigenvalue weighted by Gasteiger charge is -2.59. The second-order valence-corrected chi connectivity index (χ2v) is 9.67. The number of rotatable bonds is 0. The molecule has 2 unspecified atom stereocenters. The van der Waals surface area contributed by atoms with E-state index in [1.165, 1.54) is 37.2 Å². The summed E-state index contributed by atoms with van der Waals surface area (Å²) < 4.78 is 7.45. The Kier molecular flexibility index (Phi) is 3.05. The topological polar surface area (TPSA) is 29.5 Å². The highest BCUT2D eigenvalue weighted by Gasteiger charge is 2.75. The van der Waals surface area contributed by atoms with Crippen LogP contribution in [0.15, 0.2) is 35.9 Å². The van der Waals surface area contributed by atoms with Gasteiger partial charge in [0.1, 0.15) is 12.6 Å². The summed E-state index contributed by atoms with van der Waals surface area (Å²) in [6.45, 7) is 3.12. The molecule has 1 aromatic carbocycles. The SMILES string of the molecule is C[N+]12CCC34c5ccccc5N5C(=O)C[C@@H]6OCC=C(C1)[C@H](C[C@@H]32)[C@@H]6[C@H]54.[Cl-]. The van der Waals surface area contributed by atoms with Crippen LogP contribution in [0.5, 0.6) is 0 Å². The number of carbonyl (C=O) groups excluding carboxylic acids is 1. The minimum Gasteiger partial charge on any atom is -1.00 e. The van der Waals surface area contributed by atoms with Crippen LogP contribution in [-0.4, -0.2) is 55.3 Å². The fraction of sp³-hybridized carbons (Fsp3) is 0.591. The Labute approximate surface area is 166 Å². The number of piperidine rings is 2. The van der Waals surface area contributed by atoms with Gasteiger partial charge >= 0.3 is 0 Å². The first-order valence-corrected chi connectivity index (χ1v) is 10.2. The number of para-hydroxylation sites is 1. The number of halogens is 1. The molecule has 27 heavy (non-hydrogen) atoms. The molecule has 1 aromatic rings. The molecule has 5 aliphatic heterocycles. The molecule has 3 saturated heterocycles. The van der Waals surface area contributed by atoms with E-state index in [9.17, 15) is 4.79 Å². The van der Waals surface area contributed by atoms with Crippen molar-refractivity contribution in [3.05, 3.63) is 41.5 Å². The maximum Gasteiger partial charge on any atom is 0.229 e. The highest BCUT2D eigenvalue weighted by atomic mass is 35.5. The number of carbonyl (C=O) groups is 1. The molecule has 0 radical (unpaired) electrons. The van der Waals surface area contributed by atoms with E-state index in [4.69, 9.17) is 4.74 Å². The second-order valence-electron chi connectivity index (χ2n) is 9.67. The van der Waals surface area contributed by atoms with Crippen molar-refractivity contribution in [3.63, 3.8) is 0 Å². The molecule has 4 fully saturated rings. The van der Waals surface area contributed by atoms with E-state index in [0.29, 0.717) is 36.9 Å².